The van der Waals surface area contributed by atoms with Gasteiger partial charge in [0.1, 0.15) is 5.76 Å². The van der Waals surface area contributed by atoms with E-state index in [9.17, 15) is 0 Å². The van der Waals surface area contributed by atoms with Gasteiger partial charge in [-0.3, -0.25) is 0 Å². The summed E-state index contributed by atoms with van der Waals surface area (Å²) in [6.45, 7) is 6.73. The van der Waals surface area contributed by atoms with Gasteiger partial charge in [0.15, 0.2) is 0 Å². The summed E-state index contributed by atoms with van der Waals surface area (Å²) in [6, 6.07) is 12.1. The second-order valence-corrected chi connectivity index (χ2v) is 5.35. The quantitative estimate of drug-likeness (QED) is 0.881. The number of benzene rings is 1. The van der Waals surface area contributed by atoms with Crippen molar-refractivity contribution in [3.8, 4) is 0 Å². The van der Waals surface area contributed by atoms with E-state index in [0.717, 1.165) is 17.7 Å². The molecule has 0 spiro atoms. The van der Waals surface area contributed by atoms with Gasteiger partial charge in [-0.15, -0.1) is 0 Å². The van der Waals surface area contributed by atoms with Crippen LogP contribution in [0.1, 0.15) is 50.1 Å². The van der Waals surface area contributed by atoms with Crippen LogP contribution in [0.25, 0.3) is 0 Å². The molecule has 0 saturated heterocycles. The first kappa shape index (κ1) is 12.9. The molecule has 0 amide bonds. The van der Waals surface area contributed by atoms with Gasteiger partial charge in [0.25, 0.3) is 0 Å². The van der Waals surface area contributed by atoms with Crippen LogP contribution in [-0.2, 0) is 5.41 Å². The third-order valence-electron chi connectivity index (χ3n) is 3.78. The van der Waals surface area contributed by atoms with E-state index in [0.29, 0.717) is 0 Å². The van der Waals surface area contributed by atoms with E-state index in [2.05, 4.69) is 45.0 Å². The van der Waals surface area contributed by atoms with Crippen molar-refractivity contribution in [2.24, 2.45) is 5.73 Å². The summed E-state index contributed by atoms with van der Waals surface area (Å²) in [5.41, 5.74) is 8.81. The molecule has 0 aliphatic carbocycles. The van der Waals surface area contributed by atoms with E-state index in [-0.39, 0.29) is 11.5 Å². The molecular weight excluding hydrogens is 222 g/mol. The third kappa shape index (κ3) is 2.49. The zero-order valence-corrected chi connectivity index (χ0v) is 11.3. The lowest BCUT2D eigenvalue weighted by Crippen LogP contribution is -2.16. The smallest absolute Gasteiger partial charge is 0.124 e. The van der Waals surface area contributed by atoms with Gasteiger partial charge in [-0.05, 0) is 35.1 Å². The zero-order valence-electron chi connectivity index (χ0n) is 11.3. The van der Waals surface area contributed by atoms with Crippen molar-refractivity contribution < 1.29 is 4.42 Å². The first-order chi connectivity index (χ1) is 8.54. The Kier molecular flexibility index (Phi) is 3.58. The lowest BCUT2D eigenvalue weighted by atomic mass is 9.82. The highest BCUT2D eigenvalue weighted by atomic mass is 16.3. The number of furan rings is 1. The molecule has 2 nitrogen and oxygen atoms in total. The van der Waals surface area contributed by atoms with Crippen LogP contribution in [0.3, 0.4) is 0 Å². The highest BCUT2D eigenvalue weighted by Crippen LogP contribution is 2.28. The average molecular weight is 243 g/mol. The molecule has 0 saturated carbocycles. The van der Waals surface area contributed by atoms with Crippen molar-refractivity contribution in [1.29, 1.82) is 0 Å². The van der Waals surface area contributed by atoms with E-state index >= 15 is 0 Å². The van der Waals surface area contributed by atoms with E-state index in [1.54, 1.807) is 6.26 Å². The summed E-state index contributed by atoms with van der Waals surface area (Å²) < 4.78 is 5.34. The molecule has 0 aliphatic rings. The van der Waals surface area contributed by atoms with Crippen molar-refractivity contribution in [1.82, 2.24) is 0 Å². The topological polar surface area (TPSA) is 39.2 Å². The molecular formula is C16H21NO. The third-order valence-corrected chi connectivity index (χ3v) is 3.78. The number of hydrogen-bond acceptors (Lipinski definition) is 2. The van der Waals surface area contributed by atoms with Gasteiger partial charge in [-0.25, -0.2) is 0 Å². The summed E-state index contributed by atoms with van der Waals surface area (Å²) in [4.78, 5) is 0. The standard InChI is InChI=1S/C16H21NO/c1-4-16(2,3)13-9-7-12(8-10-13)15(17)14-6-5-11-18-14/h5-11,15H,4,17H2,1-3H3. The lowest BCUT2D eigenvalue weighted by Gasteiger charge is -2.23. The van der Waals surface area contributed by atoms with Crippen molar-refractivity contribution >= 4 is 0 Å². The van der Waals surface area contributed by atoms with Gasteiger partial charge >= 0.3 is 0 Å². The van der Waals surface area contributed by atoms with Crippen LogP contribution >= 0.6 is 0 Å². The van der Waals surface area contributed by atoms with Crippen LogP contribution in [-0.4, -0.2) is 0 Å². The molecule has 1 aromatic carbocycles. The van der Waals surface area contributed by atoms with Gasteiger partial charge in [-0.1, -0.05) is 45.0 Å². The number of hydrogen-bond donors (Lipinski definition) is 1. The number of nitrogens with two attached hydrogens (primary N) is 1. The molecule has 1 unspecified atom stereocenters. The van der Waals surface area contributed by atoms with Gasteiger partial charge < -0.3 is 10.2 Å². The Hall–Kier alpha value is -1.54. The fraction of sp³-hybridized carbons (Fsp3) is 0.375. The van der Waals surface area contributed by atoms with Crippen molar-refractivity contribution in [2.45, 2.75) is 38.6 Å². The van der Waals surface area contributed by atoms with Crippen molar-refractivity contribution in [3.05, 3.63) is 59.5 Å². The maximum atomic E-state index is 6.16. The van der Waals surface area contributed by atoms with E-state index in [4.69, 9.17) is 10.2 Å². The first-order valence-corrected chi connectivity index (χ1v) is 6.44. The Balaban J connectivity index is 2.23. The summed E-state index contributed by atoms with van der Waals surface area (Å²) in [7, 11) is 0. The molecule has 2 heteroatoms. The molecule has 1 atom stereocenters. The van der Waals surface area contributed by atoms with Crippen LogP contribution < -0.4 is 5.73 Å². The van der Waals surface area contributed by atoms with Gasteiger partial charge in [0.2, 0.25) is 0 Å². The molecule has 2 aromatic rings. The Morgan fingerprint density at radius 2 is 1.83 bits per heavy atom. The van der Waals surface area contributed by atoms with Crippen LogP contribution in [0.4, 0.5) is 0 Å². The molecule has 2 N–H and O–H groups in total. The molecule has 0 aliphatic heterocycles. The number of rotatable bonds is 4. The highest BCUT2D eigenvalue weighted by molar-refractivity contribution is 5.32. The van der Waals surface area contributed by atoms with Crippen LogP contribution in [0.2, 0.25) is 0 Å². The molecule has 18 heavy (non-hydrogen) atoms. The highest BCUT2D eigenvalue weighted by Gasteiger charge is 2.18. The average Bonchev–Trinajstić information content (AvgIpc) is 2.92. The summed E-state index contributed by atoms with van der Waals surface area (Å²) in [5, 5.41) is 0. The second kappa shape index (κ2) is 4.99. The molecule has 0 fully saturated rings. The van der Waals surface area contributed by atoms with Crippen LogP contribution in [0.5, 0.6) is 0 Å². The van der Waals surface area contributed by atoms with Gasteiger partial charge in [-0.2, -0.15) is 0 Å². The molecule has 2 rings (SSSR count). The maximum Gasteiger partial charge on any atom is 0.124 e. The molecule has 96 valence electrons. The van der Waals surface area contributed by atoms with Crippen molar-refractivity contribution in [2.75, 3.05) is 0 Å². The fourth-order valence-electron chi connectivity index (χ4n) is 1.98. The van der Waals surface area contributed by atoms with E-state index < -0.39 is 0 Å². The summed E-state index contributed by atoms with van der Waals surface area (Å²) in [5.74, 6) is 0.803. The monoisotopic (exact) mass is 243 g/mol. The molecule has 1 heterocycles. The predicted molar refractivity (Wildman–Crippen MR) is 74.5 cm³/mol. The van der Waals surface area contributed by atoms with Crippen LogP contribution in [0, 0.1) is 0 Å². The largest absolute Gasteiger partial charge is 0.467 e. The Morgan fingerprint density at radius 3 is 2.33 bits per heavy atom. The lowest BCUT2D eigenvalue weighted by molar-refractivity contribution is 0.488. The fourth-order valence-corrected chi connectivity index (χ4v) is 1.98. The normalized spacial score (nSPS) is 13.6. The predicted octanol–water partition coefficient (Wildman–Crippen LogP) is 4.02. The van der Waals surface area contributed by atoms with Gasteiger partial charge in [0, 0.05) is 0 Å². The first-order valence-electron chi connectivity index (χ1n) is 6.44. The Bertz CT molecular complexity index is 482. The van der Waals surface area contributed by atoms with Crippen LogP contribution in [0.15, 0.2) is 47.1 Å². The van der Waals surface area contributed by atoms with Gasteiger partial charge in [0.05, 0.1) is 12.3 Å². The van der Waals surface area contributed by atoms with E-state index in [1.807, 2.05) is 12.1 Å². The molecule has 0 bridgehead atoms. The molecule has 1 aromatic heterocycles. The minimum atomic E-state index is -0.182. The van der Waals surface area contributed by atoms with E-state index in [1.165, 1.54) is 5.56 Å². The molecule has 0 radical (unpaired) electrons. The SMILES string of the molecule is CCC(C)(C)c1ccc(C(N)c2ccco2)cc1. The maximum absolute atomic E-state index is 6.16. The second-order valence-electron chi connectivity index (χ2n) is 5.35. The minimum Gasteiger partial charge on any atom is -0.467 e. The summed E-state index contributed by atoms with van der Waals surface area (Å²) >= 11 is 0. The van der Waals surface area contributed by atoms with Crippen molar-refractivity contribution in [3.63, 3.8) is 0 Å². The summed E-state index contributed by atoms with van der Waals surface area (Å²) in [6.07, 6.45) is 2.78. The minimum absolute atomic E-state index is 0.182. The Labute approximate surface area is 109 Å². The Morgan fingerprint density at radius 1 is 1.17 bits per heavy atom. The zero-order chi connectivity index (χ0) is 13.2.